The van der Waals surface area contributed by atoms with Crippen molar-refractivity contribution >= 4 is 43.3 Å². The molecule has 2 aliphatic rings. The van der Waals surface area contributed by atoms with Crippen molar-refractivity contribution in [2.45, 2.75) is 150 Å². The Morgan fingerprint density at radius 1 is 0.797 bits per heavy atom. The Labute approximate surface area is 437 Å². The SMILES string of the molecule is CCCNC(=O)CCOCC(COCCC(=O)NCC)(COCCC(=O)NCC(CC)CC(C)COC1OC(CO)C(O)C(O)C1NC(C)=O)NC(=O)C(C)CC(C)C(=O)NCC1CC1(C)COP(=O)(O)OCC. The lowest BCUT2D eigenvalue weighted by atomic mass is 9.93. The number of nitrogens with one attached hydrogen (secondary N) is 6. The first-order valence-electron chi connectivity index (χ1n) is 26.2. The van der Waals surface area contributed by atoms with Crippen LogP contribution in [0.4, 0.5) is 0 Å². The maximum Gasteiger partial charge on any atom is 0.472 e. The second kappa shape index (κ2) is 34.4. The number of phosphoric ester groups is 1. The predicted octanol–water partition coefficient (Wildman–Crippen LogP) is 0.811. The number of hydrogen-bond donors (Lipinski definition) is 10. The first-order valence-corrected chi connectivity index (χ1v) is 27.7. The van der Waals surface area contributed by atoms with Gasteiger partial charge in [0.25, 0.3) is 0 Å². The molecule has 25 heteroatoms. The molecule has 430 valence electrons. The molecule has 1 aliphatic heterocycles. The topological polar surface area (TPSA) is 337 Å². The van der Waals surface area contributed by atoms with Crippen molar-refractivity contribution in [1.29, 1.82) is 0 Å². The summed E-state index contributed by atoms with van der Waals surface area (Å²) < 4.78 is 51.6. The van der Waals surface area contributed by atoms with Gasteiger partial charge in [-0.3, -0.25) is 37.8 Å². The fraction of sp³-hybridized carbons (Fsp3) is 0.878. The molecule has 0 radical (unpaired) electrons. The van der Waals surface area contributed by atoms with Crippen LogP contribution < -0.4 is 31.9 Å². The van der Waals surface area contributed by atoms with Crippen molar-refractivity contribution in [3.63, 3.8) is 0 Å². The van der Waals surface area contributed by atoms with Gasteiger partial charge in [-0.2, -0.15) is 0 Å². The molecule has 2 rings (SSSR count). The summed E-state index contributed by atoms with van der Waals surface area (Å²) in [6, 6.07) is -1.06. The molecule has 1 saturated carbocycles. The summed E-state index contributed by atoms with van der Waals surface area (Å²) in [6.45, 7) is 16.4. The van der Waals surface area contributed by atoms with Gasteiger partial charge in [0.1, 0.15) is 29.9 Å². The van der Waals surface area contributed by atoms with Crippen molar-refractivity contribution in [1.82, 2.24) is 31.9 Å². The standard InChI is InChI=1S/C49H91N6O18P/c1-10-17-51-40(59)15-19-68-30-49(29-67-18-14-39(58)50-12-3,55-46(64)34(7)22-33(6)45(63)53-25-37-23-48(37,9)28-72-74(65,66)71-13-4)31-69-20-16-41(60)52-24-36(11-2)21-32(5)27-70-47-42(54-35(8)57)44(62)43(61)38(26-56)73-47/h32-34,36-38,42-44,47,56,61-62H,10-31H2,1-9H3,(H,50,58)(H,51,59)(H,52,60)(H,53,63)(H,54,57)(H,55,64)(H,65,66). The van der Waals surface area contributed by atoms with Crippen LogP contribution in [0.3, 0.4) is 0 Å². The molecule has 13 unspecified atom stereocenters. The number of aliphatic hydroxyl groups is 3. The van der Waals surface area contributed by atoms with E-state index in [1.807, 2.05) is 27.7 Å². The van der Waals surface area contributed by atoms with Crippen molar-refractivity contribution < 1.29 is 86.3 Å². The van der Waals surface area contributed by atoms with Crippen LogP contribution in [0.15, 0.2) is 0 Å². The fourth-order valence-corrected chi connectivity index (χ4v) is 9.23. The summed E-state index contributed by atoms with van der Waals surface area (Å²) in [4.78, 5) is 86.8. The molecule has 0 aromatic carbocycles. The zero-order chi connectivity index (χ0) is 55.5. The molecule has 1 heterocycles. The number of phosphoric acid groups is 1. The van der Waals surface area contributed by atoms with E-state index in [-0.39, 0.29) is 127 Å². The number of aliphatic hydroxyl groups excluding tert-OH is 3. The first kappa shape index (κ1) is 66.7. The highest BCUT2D eigenvalue weighted by Gasteiger charge is 2.51. The molecule has 1 aliphatic carbocycles. The highest BCUT2D eigenvalue weighted by atomic mass is 31.2. The van der Waals surface area contributed by atoms with Crippen molar-refractivity contribution in [2.24, 2.45) is 35.0 Å². The third-order valence-electron chi connectivity index (χ3n) is 13.1. The highest BCUT2D eigenvalue weighted by Crippen LogP contribution is 2.55. The summed E-state index contributed by atoms with van der Waals surface area (Å²) in [5, 5.41) is 47.6. The van der Waals surface area contributed by atoms with Gasteiger partial charge in [-0.15, -0.1) is 0 Å². The lowest BCUT2D eigenvalue weighted by Gasteiger charge is -2.42. The lowest BCUT2D eigenvalue weighted by molar-refractivity contribution is -0.272. The minimum atomic E-state index is -4.16. The molecule has 74 heavy (non-hydrogen) atoms. The Hall–Kier alpha value is -3.39. The van der Waals surface area contributed by atoms with Gasteiger partial charge in [-0.25, -0.2) is 4.57 Å². The molecule has 6 amide bonds. The van der Waals surface area contributed by atoms with Crippen LogP contribution in [0.5, 0.6) is 0 Å². The van der Waals surface area contributed by atoms with Gasteiger partial charge in [-0.05, 0) is 62.7 Å². The molecule has 1 saturated heterocycles. The predicted molar refractivity (Wildman–Crippen MR) is 271 cm³/mol. The van der Waals surface area contributed by atoms with Crippen LogP contribution in [-0.4, -0.2) is 184 Å². The second-order valence-electron chi connectivity index (χ2n) is 20.2. The van der Waals surface area contributed by atoms with Gasteiger partial charge in [0.15, 0.2) is 6.29 Å². The molecule has 0 bridgehead atoms. The van der Waals surface area contributed by atoms with Crippen LogP contribution in [-0.2, 0) is 66.1 Å². The Balaban J connectivity index is 2.09. The molecular weight excluding hydrogens is 992 g/mol. The van der Waals surface area contributed by atoms with Crippen molar-refractivity contribution in [3.8, 4) is 0 Å². The van der Waals surface area contributed by atoms with Crippen molar-refractivity contribution in [2.75, 3.05) is 92.2 Å². The minimum Gasteiger partial charge on any atom is -0.394 e. The summed E-state index contributed by atoms with van der Waals surface area (Å²) >= 11 is 0. The van der Waals surface area contributed by atoms with Gasteiger partial charge in [-0.1, -0.05) is 48.0 Å². The van der Waals surface area contributed by atoms with E-state index in [4.69, 9.17) is 32.7 Å². The van der Waals surface area contributed by atoms with Gasteiger partial charge < -0.3 is 75.8 Å². The number of hydrogen-bond acceptors (Lipinski definition) is 17. The fourth-order valence-electron chi connectivity index (χ4n) is 8.37. The molecule has 0 aromatic rings. The smallest absolute Gasteiger partial charge is 0.394 e. The Bertz CT molecular complexity index is 1770. The minimum absolute atomic E-state index is 0.00274. The van der Waals surface area contributed by atoms with E-state index < -0.39 is 79.7 Å². The molecule has 24 nitrogen and oxygen atoms in total. The quantitative estimate of drug-likeness (QED) is 0.0300. The molecule has 10 N–H and O–H groups in total. The lowest BCUT2D eigenvalue weighted by Crippen LogP contribution is -2.64. The Kier molecular flexibility index (Phi) is 31.0. The monoisotopic (exact) mass is 1080 g/mol. The average molecular weight is 1080 g/mol. The van der Waals surface area contributed by atoms with Crippen LogP contribution in [0.1, 0.15) is 114 Å². The van der Waals surface area contributed by atoms with E-state index in [1.165, 1.54) is 6.92 Å². The third-order valence-corrected chi connectivity index (χ3v) is 14.1. The maximum absolute atomic E-state index is 14.1. The molecule has 0 spiro atoms. The highest BCUT2D eigenvalue weighted by molar-refractivity contribution is 7.47. The van der Waals surface area contributed by atoms with Gasteiger partial charge in [0, 0.05) is 64.2 Å². The molecular formula is C49H91N6O18P. The summed E-state index contributed by atoms with van der Waals surface area (Å²) in [7, 11) is -4.16. The van der Waals surface area contributed by atoms with E-state index in [1.54, 1.807) is 27.7 Å². The first-order chi connectivity index (χ1) is 35.0. The van der Waals surface area contributed by atoms with Crippen molar-refractivity contribution in [3.05, 3.63) is 0 Å². The van der Waals surface area contributed by atoms with Gasteiger partial charge >= 0.3 is 7.82 Å². The summed E-state index contributed by atoms with van der Waals surface area (Å²) in [6.07, 6.45) is -2.09. The molecule has 2 fully saturated rings. The van der Waals surface area contributed by atoms with Gasteiger partial charge in [0.2, 0.25) is 35.4 Å². The number of ether oxygens (including phenoxy) is 5. The van der Waals surface area contributed by atoms with E-state index in [9.17, 15) is 53.5 Å². The zero-order valence-electron chi connectivity index (χ0n) is 45.3. The number of carbonyl (C=O) groups excluding carboxylic acids is 6. The van der Waals surface area contributed by atoms with E-state index >= 15 is 0 Å². The van der Waals surface area contributed by atoms with Crippen LogP contribution in [0.2, 0.25) is 0 Å². The number of rotatable bonds is 40. The maximum atomic E-state index is 14.1. The number of carbonyl (C=O) groups is 6. The molecule has 13 atom stereocenters. The average Bonchev–Trinajstić information content (AvgIpc) is 4.02. The Morgan fingerprint density at radius 3 is 1.92 bits per heavy atom. The van der Waals surface area contributed by atoms with E-state index in [2.05, 4.69) is 31.9 Å². The van der Waals surface area contributed by atoms with Gasteiger partial charge in [0.05, 0.1) is 66.1 Å². The zero-order valence-corrected chi connectivity index (χ0v) is 46.2. The van der Waals surface area contributed by atoms with Crippen LogP contribution in [0.25, 0.3) is 0 Å². The number of amides is 6. The third kappa shape index (κ3) is 25.2. The van der Waals surface area contributed by atoms with Crippen LogP contribution >= 0.6 is 7.82 Å². The summed E-state index contributed by atoms with van der Waals surface area (Å²) in [5.74, 6) is -3.18. The van der Waals surface area contributed by atoms with Crippen LogP contribution in [0, 0.1) is 35.0 Å². The van der Waals surface area contributed by atoms with E-state index in [0.29, 0.717) is 39.0 Å². The second-order valence-corrected chi connectivity index (χ2v) is 21.6. The normalized spacial score (nSPS) is 24.7. The summed E-state index contributed by atoms with van der Waals surface area (Å²) in [5.41, 5.74) is -1.77. The largest absolute Gasteiger partial charge is 0.472 e. The Morgan fingerprint density at radius 2 is 1.38 bits per heavy atom. The molecule has 0 aromatic heterocycles. The van der Waals surface area contributed by atoms with E-state index in [0.717, 1.165) is 12.8 Å².